The van der Waals surface area contributed by atoms with Crippen LogP contribution < -0.4 is 15.6 Å². The van der Waals surface area contributed by atoms with Crippen molar-refractivity contribution in [3.05, 3.63) is 76.1 Å². The second-order valence-electron chi connectivity index (χ2n) is 6.92. The van der Waals surface area contributed by atoms with Crippen molar-refractivity contribution in [2.75, 3.05) is 26.3 Å². The minimum absolute atomic E-state index is 0.0551. The number of aliphatic hydroxyl groups excluding tert-OH is 1. The monoisotopic (exact) mass is 425 g/mol. The lowest BCUT2D eigenvalue weighted by atomic mass is 10.1. The topological polar surface area (TPSA) is 77.6 Å². The molecule has 30 heavy (non-hydrogen) atoms. The lowest BCUT2D eigenvalue weighted by molar-refractivity contribution is 0.245. The number of nitrogens with one attached hydrogen (secondary N) is 2. The summed E-state index contributed by atoms with van der Waals surface area (Å²) >= 11 is 5.52. The number of hydrogen-bond donors (Lipinski definition) is 3. The highest BCUT2D eigenvalue weighted by Crippen LogP contribution is 2.19. The van der Waals surface area contributed by atoms with E-state index in [1.54, 1.807) is 0 Å². The molecule has 0 fully saturated rings. The average Bonchev–Trinajstić information content (AvgIpc) is 2.75. The van der Waals surface area contributed by atoms with Gasteiger partial charge in [-0.05, 0) is 55.4 Å². The highest BCUT2D eigenvalue weighted by molar-refractivity contribution is 7.80. The van der Waals surface area contributed by atoms with Crippen LogP contribution >= 0.6 is 12.2 Å². The molecule has 0 spiro atoms. The number of ether oxygens (including phenoxy) is 1. The number of nitrogens with zero attached hydrogens (tertiary/aromatic N) is 1. The Bertz CT molecular complexity index is 1040. The number of hydrogen-bond acceptors (Lipinski definition) is 4. The van der Waals surface area contributed by atoms with Crippen molar-refractivity contribution in [2.24, 2.45) is 0 Å². The quantitative estimate of drug-likeness (QED) is 0.458. The number of aromatic amines is 1. The van der Waals surface area contributed by atoms with Gasteiger partial charge in [-0.2, -0.15) is 0 Å². The van der Waals surface area contributed by atoms with Gasteiger partial charge in [0.05, 0.1) is 19.8 Å². The molecule has 3 N–H and O–H groups in total. The summed E-state index contributed by atoms with van der Waals surface area (Å²) in [7, 11) is 0. The van der Waals surface area contributed by atoms with Crippen molar-refractivity contribution in [2.45, 2.75) is 19.9 Å². The molecule has 1 heterocycles. The lowest BCUT2D eigenvalue weighted by Crippen LogP contribution is -2.42. The maximum Gasteiger partial charge on any atom is 0.253 e. The van der Waals surface area contributed by atoms with E-state index in [2.05, 4.69) is 22.4 Å². The third-order valence-corrected chi connectivity index (χ3v) is 5.16. The normalized spacial score (nSPS) is 10.7. The minimum atomic E-state index is -0.165. The van der Waals surface area contributed by atoms with Crippen LogP contribution in [-0.2, 0) is 13.0 Å². The SMILES string of the molecule is CCOc1ccc2[nH]c(=O)c(CN(CCO)C(=S)NCCc3ccccc3)cc2c1. The molecule has 0 aliphatic heterocycles. The molecule has 3 aromatic rings. The van der Waals surface area contributed by atoms with Gasteiger partial charge in [-0.3, -0.25) is 4.79 Å². The molecule has 0 bridgehead atoms. The Hall–Kier alpha value is -2.90. The molecule has 2 aromatic carbocycles. The standard InChI is InChI=1S/C23H27N3O3S/c1-2-29-20-8-9-21-18(15-20)14-19(22(28)25-21)16-26(12-13-27)23(30)24-11-10-17-6-4-3-5-7-17/h3-9,14-15,27H,2,10-13,16H2,1H3,(H,24,30)(H,25,28). The van der Waals surface area contributed by atoms with Crippen LogP contribution in [0.3, 0.4) is 0 Å². The zero-order valence-electron chi connectivity index (χ0n) is 17.1. The van der Waals surface area contributed by atoms with E-state index in [0.29, 0.717) is 36.9 Å². The van der Waals surface area contributed by atoms with E-state index in [1.165, 1.54) is 5.56 Å². The molecule has 6 nitrogen and oxygen atoms in total. The van der Waals surface area contributed by atoms with Crippen LogP contribution in [-0.4, -0.2) is 46.4 Å². The van der Waals surface area contributed by atoms with Gasteiger partial charge in [-0.25, -0.2) is 0 Å². The molecule has 7 heteroatoms. The van der Waals surface area contributed by atoms with Crippen LogP contribution in [0.1, 0.15) is 18.1 Å². The number of pyridine rings is 1. The van der Waals surface area contributed by atoms with Crippen molar-refractivity contribution < 1.29 is 9.84 Å². The van der Waals surface area contributed by atoms with Gasteiger partial charge < -0.3 is 25.0 Å². The fraction of sp³-hybridized carbons (Fsp3) is 0.304. The first-order chi connectivity index (χ1) is 14.6. The maximum absolute atomic E-state index is 12.6. The summed E-state index contributed by atoms with van der Waals surface area (Å²) in [5, 5.41) is 14.1. The summed E-state index contributed by atoms with van der Waals surface area (Å²) in [6.07, 6.45) is 0.838. The summed E-state index contributed by atoms with van der Waals surface area (Å²) in [5.41, 5.74) is 2.39. The summed E-state index contributed by atoms with van der Waals surface area (Å²) in [6.45, 7) is 3.78. The average molecular weight is 426 g/mol. The number of thiocarbonyl (C=S) groups is 1. The molecule has 0 radical (unpaired) electrons. The molecule has 1 aromatic heterocycles. The summed E-state index contributed by atoms with van der Waals surface area (Å²) in [6, 6.07) is 17.6. The van der Waals surface area contributed by atoms with Gasteiger partial charge in [-0.15, -0.1) is 0 Å². The first-order valence-corrected chi connectivity index (χ1v) is 10.5. The maximum atomic E-state index is 12.6. The summed E-state index contributed by atoms with van der Waals surface area (Å²) in [5.74, 6) is 0.758. The van der Waals surface area contributed by atoms with E-state index in [1.807, 2.05) is 54.3 Å². The fourth-order valence-corrected chi connectivity index (χ4v) is 3.51. The predicted octanol–water partition coefficient (Wildman–Crippen LogP) is 2.84. The number of rotatable bonds is 9. The summed E-state index contributed by atoms with van der Waals surface area (Å²) < 4.78 is 5.56. The van der Waals surface area contributed by atoms with Gasteiger partial charge in [0.15, 0.2) is 5.11 Å². The molecule has 158 valence electrons. The number of H-pyrrole nitrogens is 1. The van der Waals surface area contributed by atoms with Crippen molar-refractivity contribution >= 4 is 28.2 Å². The van der Waals surface area contributed by atoms with Gasteiger partial charge in [0.25, 0.3) is 5.56 Å². The molecule has 0 aliphatic carbocycles. The van der Waals surface area contributed by atoms with Crippen LogP contribution in [0.2, 0.25) is 0 Å². The minimum Gasteiger partial charge on any atom is -0.494 e. The molecule has 0 aliphatic rings. The number of aliphatic hydroxyl groups is 1. The Labute approximate surface area is 181 Å². The third-order valence-electron chi connectivity index (χ3n) is 4.75. The molecule has 0 saturated heterocycles. The van der Waals surface area contributed by atoms with Crippen LogP contribution in [0.4, 0.5) is 0 Å². The Morgan fingerprint density at radius 3 is 2.73 bits per heavy atom. The van der Waals surface area contributed by atoms with E-state index in [4.69, 9.17) is 17.0 Å². The molecule has 0 amide bonds. The van der Waals surface area contributed by atoms with Crippen molar-refractivity contribution in [1.29, 1.82) is 0 Å². The molecular formula is C23H27N3O3S. The first kappa shape index (κ1) is 21.8. The number of benzene rings is 2. The molecule has 0 saturated carbocycles. The van der Waals surface area contributed by atoms with Crippen LogP contribution in [0.5, 0.6) is 5.75 Å². The van der Waals surface area contributed by atoms with Crippen LogP contribution in [0.25, 0.3) is 10.9 Å². The third kappa shape index (κ3) is 5.81. The molecule has 3 rings (SSSR count). The first-order valence-electron chi connectivity index (χ1n) is 10.1. The number of fused-ring (bicyclic) bond motifs is 1. The highest BCUT2D eigenvalue weighted by Gasteiger charge is 2.13. The Kier molecular flexibility index (Phi) is 7.82. The zero-order valence-corrected chi connectivity index (χ0v) is 17.9. The fourth-order valence-electron chi connectivity index (χ4n) is 3.25. The molecular weight excluding hydrogens is 398 g/mol. The van der Waals surface area contributed by atoms with E-state index in [0.717, 1.165) is 23.1 Å². The van der Waals surface area contributed by atoms with E-state index in [-0.39, 0.29) is 12.2 Å². The van der Waals surface area contributed by atoms with Gasteiger partial charge in [-0.1, -0.05) is 30.3 Å². The van der Waals surface area contributed by atoms with Crippen molar-refractivity contribution in [1.82, 2.24) is 15.2 Å². The van der Waals surface area contributed by atoms with E-state index >= 15 is 0 Å². The summed E-state index contributed by atoms with van der Waals surface area (Å²) in [4.78, 5) is 17.3. The second-order valence-corrected chi connectivity index (χ2v) is 7.31. The van der Waals surface area contributed by atoms with Crippen molar-refractivity contribution in [3.8, 4) is 5.75 Å². The molecule has 0 unspecified atom stereocenters. The lowest BCUT2D eigenvalue weighted by Gasteiger charge is -2.25. The van der Waals surface area contributed by atoms with Gasteiger partial charge in [0.2, 0.25) is 0 Å². The van der Waals surface area contributed by atoms with Crippen LogP contribution in [0, 0.1) is 0 Å². The van der Waals surface area contributed by atoms with Crippen LogP contribution in [0.15, 0.2) is 59.4 Å². The van der Waals surface area contributed by atoms with Gasteiger partial charge >= 0.3 is 0 Å². The van der Waals surface area contributed by atoms with Gasteiger partial charge in [0.1, 0.15) is 5.75 Å². The van der Waals surface area contributed by atoms with E-state index < -0.39 is 0 Å². The number of aromatic nitrogens is 1. The second kappa shape index (κ2) is 10.8. The highest BCUT2D eigenvalue weighted by atomic mass is 32.1. The Morgan fingerprint density at radius 2 is 2.00 bits per heavy atom. The predicted molar refractivity (Wildman–Crippen MR) is 124 cm³/mol. The molecule has 0 atom stereocenters. The largest absolute Gasteiger partial charge is 0.494 e. The Morgan fingerprint density at radius 1 is 1.20 bits per heavy atom. The smallest absolute Gasteiger partial charge is 0.253 e. The van der Waals surface area contributed by atoms with E-state index in [9.17, 15) is 9.90 Å². The van der Waals surface area contributed by atoms with Crippen molar-refractivity contribution in [3.63, 3.8) is 0 Å². The Balaban J connectivity index is 1.71. The van der Waals surface area contributed by atoms with Gasteiger partial charge in [0, 0.05) is 29.6 Å². The zero-order chi connectivity index (χ0) is 21.3.